The Labute approximate surface area is 102 Å². The Morgan fingerprint density at radius 1 is 1.29 bits per heavy atom. The van der Waals surface area contributed by atoms with Gasteiger partial charge in [0.1, 0.15) is 12.0 Å². The number of fused-ring (bicyclic) bond motifs is 1. The third-order valence-electron chi connectivity index (χ3n) is 2.19. The SMILES string of the molecule is CC.Cc1c[nH]c2ncnc(OCC(C)C)c12. The van der Waals surface area contributed by atoms with Crippen LogP contribution < -0.4 is 4.74 Å². The molecular formula is C13H21N3O. The molecule has 0 saturated heterocycles. The van der Waals surface area contributed by atoms with Crippen LogP contribution in [0.4, 0.5) is 0 Å². The quantitative estimate of drug-likeness (QED) is 0.887. The molecule has 0 radical (unpaired) electrons. The maximum absolute atomic E-state index is 5.65. The summed E-state index contributed by atoms with van der Waals surface area (Å²) in [5, 5.41) is 0.984. The van der Waals surface area contributed by atoms with Gasteiger partial charge in [0.25, 0.3) is 0 Å². The van der Waals surface area contributed by atoms with Gasteiger partial charge in [0.15, 0.2) is 0 Å². The van der Waals surface area contributed by atoms with E-state index in [4.69, 9.17) is 4.74 Å². The Morgan fingerprint density at radius 3 is 2.65 bits per heavy atom. The molecule has 2 aromatic heterocycles. The van der Waals surface area contributed by atoms with Gasteiger partial charge >= 0.3 is 0 Å². The maximum atomic E-state index is 5.65. The van der Waals surface area contributed by atoms with Crippen LogP contribution in [0.5, 0.6) is 5.88 Å². The minimum atomic E-state index is 0.495. The standard InChI is InChI=1S/C11H15N3O.C2H6/c1-7(2)5-15-11-9-8(3)4-12-10(9)13-6-14-11;1-2/h4,6-7H,5H2,1-3H3,(H,12,13,14);1-2H3. The third-order valence-corrected chi connectivity index (χ3v) is 2.19. The van der Waals surface area contributed by atoms with Crippen LogP contribution in [0.25, 0.3) is 11.0 Å². The molecule has 0 unspecified atom stereocenters. The number of aromatic nitrogens is 3. The Morgan fingerprint density at radius 2 is 2.00 bits per heavy atom. The van der Waals surface area contributed by atoms with Crippen LogP contribution in [0, 0.1) is 12.8 Å². The van der Waals surface area contributed by atoms with Gasteiger partial charge in [-0.15, -0.1) is 0 Å². The third kappa shape index (κ3) is 3.19. The molecule has 0 aromatic carbocycles. The van der Waals surface area contributed by atoms with Crippen LogP contribution in [0.1, 0.15) is 33.3 Å². The molecule has 0 aliphatic heterocycles. The van der Waals surface area contributed by atoms with E-state index in [-0.39, 0.29) is 0 Å². The van der Waals surface area contributed by atoms with E-state index < -0.39 is 0 Å². The van der Waals surface area contributed by atoms with Gasteiger partial charge in [0, 0.05) is 6.20 Å². The lowest BCUT2D eigenvalue weighted by Crippen LogP contribution is -2.06. The fourth-order valence-electron chi connectivity index (χ4n) is 1.44. The van der Waals surface area contributed by atoms with Gasteiger partial charge in [-0.2, -0.15) is 0 Å². The van der Waals surface area contributed by atoms with Crippen LogP contribution >= 0.6 is 0 Å². The molecular weight excluding hydrogens is 214 g/mol. The molecule has 0 bridgehead atoms. The van der Waals surface area contributed by atoms with Crippen molar-refractivity contribution in [1.29, 1.82) is 0 Å². The van der Waals surface area contributed by atoms with Gasteiger partial charge in [-0.25, -0.2) is 9.97 Å². The van der Waals surface area contributed by atoms with E-state index in [9.17, 15) is 0 Å². The second-order valence-corrected chi connectivity index (χ2v) is 4.08. The molecule has 94 valence electrons. The van der Waals surface area contributed by atoms with Gasteiger partial charge in [0.2, 0.25) is 5.88 Å². The molecule has 0 saturated carbocycles. The molecule has 17 heavy (non-hydrogen) atoms. The van der Waals surface area contributed by atoms with E-state index in [1.165, 1.54) is 6.33 Å². The van der Waals surface area contributed by atoms with E-state index in [2.05, 4.69) is 28.8 Å². The second-order valence-electron chi connectivity index (χ2n) is 4.08. The minimum Gasteiger partial charge on any atom is -0.477 e. The number of hydrogen-bond donors (Lipinski definition) is 1. The number of aryl methyl sites for hydroxylation is 1. The van der Waals surface area contributed by atoms with Crippen LogP contribution in [0.2, 0.25) is 0 Å². The number of H-pyrrole nitrogens is 1. The zero-order valence-corrected chi connectivity index (χ0v) is 11.2. The Bertz CT molecular complexity index is 463. The van der Waals surface area contributed by atoms with Crippen LogP contribution in [-0.2, 0) is 0 Å². The highest BCUT2D eigenvalue weighted by atomic mass is 16.5. The molecule has 2 rings (SSSR count). The molecule has 0 spiro atoms. The largest absolute Gasteiger partial charge is 0.477 e. The Balaban J connectivity index is 0.000000686. The summed E-state index contributed by atoms with van der Waals surface area (Å²) in [5.74, 6) is 1.17. The summed E-state index contributed by atoms with van der Waals surface area (Å²) in [6.07, 6.45) is 3.44. The van der Waals surface area contributed by atoms with E-state index in [0.29, 0.717) is 18.4 Å². The summed E-state index contributed by atoms with van der Waals surface area (Å²) in [4.78, 5) is 11.4. The first-order valence-corrected chi connectivity index (χ1v) is 6.10. The molecule has 4 heteroatoms. The molecule has 0 amide bonds. The van der Waals surface area contributed by atoms with Crippen molar-refractivity contribution in [3.8, 4) is 5.88 Å². The topological polar surface area (TPSA) is 50.8 Å². The summed E-state index contributed by atoms with van der Waals surface area (Å²) in [6.45, 7) is 10.9. The van der Waals surface area contributed by atoms with Crippen LogP contribution in [-0.4, -0.2) is 21.6 Å². The fraction of sp³-hybridized carbons (Fsp3) is 0.538. The Hall–Kier alpha value is -1.58. The highest BCUT2D eigenvalue weighted by molar-refractivity contribution is 5.84. The fourth-order valence-corrected chi connectivity index (χ4v) is 1.44. The normalized spacial score (nSPS) is 10.2. The predicted octanol–water partition coefficient (Wildman–Crippen LogP) is 3.33. The van der Waals surface area contributed by atoms with Gasteiger partial charge < -0.3 is 9.72 Å². The zero-order chi connectivity index (χ0) is 12.8. The lowest BCUT2D eigenvalue weighted by Gasteiger charge is -2.08. The van der Waals surface area contributed by atoms with Gasteiger partial charge in [-0.05, 0) is 18.4 Å². The first-order valence-electron chi connectivity index (χ1n) is 6.10. The van der Waals surface area contributed by atoms with Crippen molar-refractivity contribution in [2.75, 3.05) is 6.61 Å². The lowest BCUT2D eigenvalue weighted by molar-refractivity contribution is 0.264. The smallest absolute Gasteiger partial charge is 0.226 e. The predicted molar refractivity (Wildman–Crippen MR) is 70.3 cm³/mol. The molecule has 1 N–H and O–H groups in total. The number of nitrogens with zero attached hydrogens (tertiary/aromatic N) is 2. The summed E-state index contributed by atoms with van der Waals surface area (Å²) in [7, 11) is 0. The van der Waals surface area contributed by atoms with Gasteiger partial charge in [-0.3, -0.25) is 0 Å². The first kappa shape index (κ1) is 13.5. The lowest BCUT2D eigenvalue weighted by atomic mass is 10.2. The minimum absolute atomic E-state index is 0.495. The number of ether oxygens (including phenoxy) is 1. The van der Waals surface area contributed by atoms with Crippen LogP contribution in [0.3, 0.4) is 0 Å². The summed E-state index contributed by atoms with van der Waals surface area (Å²) >= 11 is 0. The molecule has 0 atom stereocenters. The van der Waals surface area contributed by atoms with Crippen molar-refractivity contribution in [2.24, 2.45) is 5.92 Å². The number of rotatable bonds is 3. The van der Waals surface area contributed by atoms with Gasteiger partial charge in [-0.1, -0.05) is 27.7 Å². The van der Waals surface area contributed by atoms with E-state index in [1.807, 2.05) is 27.0 Å². The van der Waals surface area contributed by atoms with E-state index in [1.54, 1.807) is 0 Å². The first-order chi connectivity index (χ1) is 8.18. The summed E-state index contributed by atoms with van der Waals surface area (Å²) < 4.78 is 5.65. The highest BCUT2D eigenvalue weighted by Gasteiger charge is 2.09. The van der Waals surface area contributed by atoms with Crippen molar-refractivity contribution in [3.63, 3.8) is 0 Å². The van der Waals surface area contributed by atoms with Crippen molar-refractivity contribution in [1.82, 2.24) is 15.0 Å². The van der Waals surface area contributed by atoms with Crippen molar-refractivity contribution >= 4 is 11.0 Å². The number of nitrogens with one attached hydrogen (secondary N) is 1. The highest BCUT2D eigenvalue weighted by Crippen LogP contribution is 2.24. The van der Waals surface area contributed by atoms with E-state index in [0.717, 1.165) is 16.6 Å². The van der Waals surface area contributed by atoms with Crippen molar-refractivity contribution in [2.45, 2.75) is 34.6 Å². The molecule has 4 nitrogen and oxygen atoms in total. The monoisotopic (exact) mass is 235 g/mol. The van der Waals surface area contributed by atoms with Crippen LogP contribution in [0.15, 0.2) is 12.5 Å². The van der Waals surface area contributed by atoms with Gasteiger partial charge in [0.05, 0.1) is 12.0 Å². The Kier molecular flexibility index (Phi) is 4.94. The summed E-state index contributed by atoms with van der Waals surface area (Å²) in [5.41, 5.74) is 1.95. The molecule has 0 aliphatic carbocycles. The molecule has 0 fully saturated rings. The molecule has 2 heterocycles. The molecule has 0 aliphatic rings. The molecule has 2 aromatic rings. The second kappa shape index (κ2) is 6.23. The average Bonchev–Trinajstić information content (AvgIpc) is 2.72. The van der Waals surface area contributed by atoms with Crippen molar-refractivity contribution in [3.05, 3.63) is 18.1 Å². The van der Waals surface area contributed by atoms with E-state index >= 15 is 0 Å². The number of hydrogen-bond acceptors (Lipinski definition) is 3. The summed E-state index contributed by atoms with van der Waals surface area (Å²) in [6, 6.07) is 0. The zero-order valence-electron chi connectivity index (χ0n) is 11.2. The number of aromatic amines is 1. The maximum Gasteiger partial charge on any atom is 0.226 e. The average molecular weight is 235 g/mol. The van der Waals surface area contributed by atoms with Crippen molar-refractivity contribution < 1.29 is 4.74 Å².